The van der Waals surface area contributed by atoms with Gasteiger partial charge in [-0.1, -0.05) is 22.0 Å². The number of ether oxygens (including phenoxy) is 2. The molecule has 0 amide bonds. The summed E-state index contributed by atoms with van der Waals surface area (Å²) in [6, 6.07) is 10.5. The summed E-state index contributed by atoms with van der Waals surface area (Å²) in [4.78, 5) is 0. The van der Waals surface area contributed by atoms with Crippen molar-refractivity contribution in [3.8, 4) is 17.2 Å². The lowest BCUT2D eigenvalue weighted by molar-refractivity contribution is -0.0523. The van der Waals surface area contributed by atoms with E-state index in [2.05, 4.69) is 20.7 Å². The van der Waals surface area contributed by atoms with Gasteiger partial charge in [-0.15, -0.1) is 0 Å². The molecule has 0 fully saturated rings. The maximum Gasteiger partial charge on any atom is 0.387 e. The first-order valence-corrected chi connectivity index (χ1v) is 6.02. The van der Waals surface area contributed by atoms with Crippen LogP contribution >= 0.6 is 15.9 Å². The minimum absolute atomic E-state index is 0.180. The van der Waals surface area contributed by atoms with Crippen molar-refractivity contribution >= 4 is 15.9 Å². The molecule has 2 rings (SSSR count). The highest BCUT2D eigenvalue weighted by Crippen LogP contribution is 2.31. The standard InChI is InChI=1S/C13H8BrF3O2/c14-8-4-6-9(7-5-8)18-10-2-1-3-11(12(10)15)19-13(16)17/h1-7,13H. The van der Waals surface area contributed by atoms with Crippen molar-refractivity contribution in [2.75, 3.05) is 0 Å². The third-order valence-electron chi connectivity index (χ3n) is 2.19. The monoisotopic (exact) mass is 332 g/mol. The summed E-state index contributed by atoms with van der Waals surface area (Å²) in [6.07, 6.45) is 0. The van der Waals surface area contributed by atoms with Gasteiger partial charge in [0.1, 0.15) is 5.75 Å². The molecule has 0 aromatic heterocycles. The molecule has 0 radical (unpaired) electrons. The van der Waals surface area contributed by atoms with Gasteiger partial charge in [0.05, 0.1) is 0 Å². The molecular weight excluding hydrogens is 325 g/mol. The van der Waals surface area contributed by atoms with Gasteiger partial charge < -0.3 is 9.47 Å². The van der Waals surface area contributed by atoms with Crippen LogP contribution in [0.2, 0.25) is 0 Å². The molecule has 0 heterocycles. The van der Waals surface area contributed by atoms with Crippen molar-refractivity contribution in [2.24, 2.45) is 0 Å². The highest BCUT2D eigenvalue weighted by molar-refractivity contribution is 9.10. The van der Waals surface area contributed by atoms with E-state index in [0.717, 1.165) is 10.5 Å². The van der Waals surface area contributed by atoms with Gasteiger partial charge in [0.2, 0.25) is 5.82 Å². The summed E-state index contributed by atoms with van der Waals surface area (Å²) < 4.78 is 48.1. The molecule has 0 aliphatic heterocycles. The van der Waals surface area contributed by atoms with E-state index in [1.807, 2.05) is 0 Å². The molecule has 0 spiro atoms. The second-order valence-electron chi connectivity index (χ2n) is 3.50. The Balaban J connectivity index is 2.23. The van der Waals surface area contributed by atoms with Crippen LogP contribution in [-0.2, 0) is 0 Å². The number of benzene rings is 2. The van der Waals surface area contributed by atoms with Crippen molar-refractivity contribution in [1.82, 2.24) is 0 Å². The molecule has 2 aromatic rings. The highest BCUT2D eigenvalue weighted by Gasteiger charge is 2.14. The second kappa shape index (κ2) is 5.97. The summed E-state index contributed by atoms with van der Waals surface area (Å²) in [5.74, 6) is -1.31. The van der Waals surface area contributed by atoms with Crippen LogP contribution in [0.1, 0.15) is 0 Å². The van der Waals surface area contributed by atoms with E-state index in [1.165, 1.54) is 12.1 Å². The maximum atomic E-state index is 13.8. The predicted molar refractivity (Wildman–Crippen MR) is 67.2 cm³/mol. The van der Waals surface area contributed by atoms with E-state index >= 15 is 0 Å². The van der Waals surface area contributed by atoms with Gasteiger partial charge in [0, 0.05) is 4.47 Å². The van der Waals surface area contributed by atoms with Crippen LogP contribution in [0.3, 0.4) is 0 Å². The Morgan fingerprint density at radius 2 is 1.58 bits per heavy atom. The molecule has 0 atom stereocenters. The SMILES string of the molecule is Fc1c(Oc2ccc(Br)cc2)cccc1OC(F)F. The number of hydrogen-bond acceptors (Lipinski definition) is 2. The van der Waals surface area contributed by atoms with E-state index in [-0.39, 0.29) is 5.75 Å². The first kappa shape index (κ1) is 13.7. The number of hydrogen-bond donors (Lipinski definition) is 0. The molecule has 100 valence electrons. The molecule has 19 heavy (non-hydrogen) atoms. The first-order valence-electron chi connectivity index (χ1n) is 5.23. The minimum atomic E-state index is -3.09. The van der Waals surface area contributed by atoms with Gasteiger partial charge in [0.25, 0.3) is 0 Å². The normalized spacial score (nSPS) is 10.6. The third-order valence-corrected chi connectivity index (χ3v) is 2.71. The average Bonchev–Trinajstić information content (AvgIpc) is 2.36. The van der Waals surface area contributed by atoms with Crippen LogP contribution < -0.4 is 9.47 Å². The van der Waals surface area contributed by atoms with E-state index in [0.29, 0.717) is 5.75 Å². The van der Waals surface area contributed by atoms with Crippen LogP contribution in [0.4, 0.5) is 13.2 Å². The lowest BCUT2D eigenvalue weighted by Gasteiger charge is -2.10. The van der Waals surface area contributed by atoms with Crippen LogP contribution in [-0.4, -0.2) is 6.61 Å². The van der Waals surface area contributed by atoms with E-state index in [1.54, 1.807) is 24.3 Å². The van der Waals surface area contributed by atoms with E-state index < -0.39 is 18.2 Å². The Kier molecular flexibility index (Phi) is 4.31. The second-order valence-corrected chi connectivity index (χ2v) is 4.42. The van der Waals surface area contributed by atoms with Crippen molar-refractivity contribution < 1.29 is 22.6 Å². The molecule has 0 N–H and O–H groups in total. The average molecular weight is 333 g/mol. The molecule has 0 aliphatic carbocycles. The summed E-state index contributed by atoms with van der Waals surface area (Å²) >= 11 is 3.25. The Labute approximate surface area is 115 Å². The van der Waals surface area contributed by atoms with Gasteiger partial charge in [-0.2, -0.15) is 13.2 Å². The van der Waals surface area contributed by atoms with E-state index in [9.17, 15) is 13.2 Å². The number of halogens is 4. The van der Waals surface area contributed by atoms with Crippen molar-refractivity contribution in [2.45, 2.75) is 6.61 Å². The molecule has 0 saturated heterocycles. The van der Waals surface area contributed by atoms with Crippen LogP contribution in [0.5, 0.6) is 17.2 Å². The molecule has 2 nitrogen and oxygen atoms in total. The van der Waals surface area contributed by atoms with Gasteiger partial charge in [-0.05, 0) is 36.4 Å². The maximum absolute atomic E-state index is 13.8. The molecular formula is C13H8BrF3O2. The Morgan fingerprint density at radius 3 is 2.21 bits per heavy atom. The summed E-state index contributed by atoms with van der Waals surface area (Å²) in [5, 5.41) is 0. The number of alkyl halides is 2. The topological polar surface area (TPSA) is 18.5 Å². The van der Waals surface area contributed by atoms with Crippen LogP contribution in [0.25, 0.3) is 0 Å². The predicted octanol–water partition coefficient (Wildman–Crippen LogP) is 4.98. The number of rotatable bonds is 4. The third kappa shape index (κ3) is 3.64. The lowest BCUT2D eigenvalue weighted by Crippen LogP contribution is -2.04. The molecule has 6 heteroatoms. The Hall–Kier alpha value is -1.69. The minimum Gasteiger partial charge on any atom is -0.454 e. The Bertz CT molecular complexity index is 558. The molecule has 0 unspecified atom stereocenters. The van der Waals surface area contributed by atoms with Crippen LogP contribution in [0, 0.1) is 5.82 Å². The largest absolute Gasteiger partial charge is 0.454 e. The fourth-order valence-corrected chi connectivity index (χ4v) is 1.65. The zero-order chi connectivity index (χ0) is 13.8. The van der Waals surface area contributed by atoms with Gasteiger partial charge in [0.15, 0.2) is 11.5 Å². The molecule has 2 aromatic carbocycles. The summed E-state index contributed by atoms with van der Waals surface area (Å²) in [5.41, 5.74) is 0. The molecule has 0 aliphatic rings. The highest BCUT2D eigenvalue weighted by atomic mass is 79.9. The molecule has 0 saturated carbocycles. The van der Waals surface area contributed by atoms with Crippen molar-refractivity contribution in [1.29, 1.82) is 0 Å². The van der Waals surface area contributed by atoms with Gasteiger partial charge >= 0.3 is 6.61 Å². The zero-order valence-electron chi connectivity index (χ0n) is 9.45. The quantitative estimate of drug-likeness (QED) is 0.785. The fourth-order valence-electron chi connectivity index (χ4n) is 1.39. The first-order chi connectivity index (χ1) is 9.06. The smallest absolute Gasteiger partial charge is 0.387 e. The van der Waals surface area contributed by atoms with Crippen LogP contribution in [0.15, 0.2) is 46.9 Å². The van der Waals surface area contributed by atoms with Crippen molar-refractivity contribution in [3.05, 3.63) is 52.8 Å². The fraction of sp³-hybridized carbons (Fsp3) is 0.0769. The zero-order valence-corrected chi connectivity index (χ0v) is 11.0. The summed E-state index contributed by atoms with van der Waals surface area (Å²) in [7, 11) is 0. The van der Waals surface area contributed by atoms with E-state index in [4.69, 9.17) is 4.74 Å². The lowest BCUT2D eigenvalue weighted by atomic mass is 10.3. The Morgan fingerprint density at radius 1 is 0.947 bits per heavy atom. The van der Waals surface area contributed by atoms with Crippen molar-refractivity contribution in [3.63, 3.8) is 0 Å². The summed E-state index contributed by atoms with van der Waals surface area (Å²) in [6.45, 7) is -3.09. The van der Waals surface area contributed by atoms with Gasteiger partial charge in [-0.25, -0.2) is 0 Å². The van der Waals surface area contributed by atoms with Gasteiger partial charge in [-0.3, -0.25) is 0 Å². The molecule has 0 bridgehead atoms.